The molecule has 0 unspecified atom stereocenters. The lowest BCUT2D eigenvalue weighted by Gasteiger charge is -2.11. The Bertz CT molecular complexity index is 327. The Morgan fingerprint density at radius 3 is 2.64 bits per heavy atom. The van der Waals surface area contributed by atoms with Gasteiger partial charge in [0.25, 0.3) is 0 Å². The molecule has 0 heterocycles. The van der Waals surface area contributed by atoms with E-state index in [0.29, 0.717) is 0 Å². The highest BCUT2D eigenvalue weighted by Gasteiger charge is 1.95. The van der Waals surface area contributed by atoms with E-state index < -0.39 is 0 Å². The van der Waals surface area contributed by atoms with Gasteiger partial charge in [-0.15, -0.1) is 0 Å². The monoisotopic (exact) mass is 190 g/mol. The van der Waals surface area contributed by atoms with Crippen molar-refractivity contribution in [1.82, 2.24) is 4.90 Å². The van der Waals surface area contributed by atoms with Crippen LogP contribution in [0.5, 0.6) is 0 Å². The molecule has 0 aliphatic heterocycles. The molecule has 0 bridgehead atoms. The third-order valence-electron chi connectivity index (χ3n) is 2.26. The average Bonchev–Trinajstić information content (AvgIpc) is 2.18. The molecule has 0 spiro atoms. The van der Waals surface area contributed by atoms with E-state index in [4.69, 9.17) is 0 Å². The maximum Gasteiger partial charge on any atom is 0.101 e. The van der Waals surface area contributed by atoms with Crippen LogP contribution in [0.25, 0.3) is 0 Å². The Balaban J connectivity index is 2.91. The SMILES string of the molecule is CCc1cccc(/N=C(\C)N(C)C)c1. The number of hydrogen-bond acceptors (Lipinski definition) is 1. The highest BCUT2D eigenvalue weighted by Crippen LogP contribution is 2.14. The molecule has 0 aliphatic rings. The predicted molar refractivity (Wildman–Crippen MR) is 62.3 cm³/mol. The summed E-state index contributed by atoms with van der Waals surface area (Å²) >= 11 is 0. The second-order valence-corrected chi connectivity index (χ2v) is 3.58. The van der Waals surface area contributed by atoms with Gasteiger partial charge in [0, 0.05) is 14.1 Å². The Kier molecular flexibility index (Phi) is 3.69. The fraction of sp³-hybridized carbons (Fsp3) is 0.417. The summed E-state index contributed by atoms with van der Waals surface area (Å²) in [6, 6.07) is 8.35. The summed E-state index contributed by atoms with van der Waals surface area (Å²) in [6.45, 7) is 4.17. The molecule has 2 nitrogen and oxygen atoms in total. The lowest BCUT2D eigenvalue weighted by molar-refractivity contribution is 0.619. The zero-order valence-corrected chi connectivity index (χ0v) is 9.41. The molecule has 1 aromatic rings. The molecule has 0 atom stereocenters. The van der Waals surface area contributed by atoms with Crippen LogP contribution < -0.4 is 0 Å². The summed E-state index contributed by atoms with van der Waals surface area (Å²) in [4.78, 5) is 6.52. The lowest BCUT2D eigenvalue weighted by atomic mass is 10.1. The zero-order valence-electron chi connectivity index (χ0n) is 9.41. The number of aliphatic imine (C=N–C) groups is 1. The van der Waals surface area contributed by atoms with E-state index in [1.807, 2.05) is 32.0 Å². The molecule has 0 saturated heterocycles. The Morgan fingerprint density at radius 2 is 2.07 bits per heavy atom. The minimum Gasteiger partial charge on any atom is -0.366 e. The molecule has 0 radical (unpaired) electrons. The first-order valence-electron chi connectivity index (χ1n) is 4.95. The molecule has 2 heteroatoms. The van der Waals surface area contributed by atoms with Gasteiger partial charge in [-0.05, 0) is 31.0 Å². The minimum absolute atomic E-state index is 1.03. The van der Waals surface area contributed by atoms with Gasteiger partial charge in [0.15, 0.2) is 0 Å². The van der Waals surface area contributed by atoms with Gasteiger partial charge in [0.1, 0.15) is 5.84 Å². The summed E-state index contributed by atoms with van der Waals surface area (Å²) in [5.41, 5.74) is 2.37. The molecule has 1 rings (SSSR count). The Hall–Kier alpha value is -1.31. The van der Waals surface area contributed by atoms with Crippen LogP contribution in [0.4, 0.5) is 5.69 Å². The third-order valence-corrected chi connectivity index (χ3v) is 2.26. The smallest absolute Gasteiger partial charge is 0.101 e. The molecule has 0 aliphatic carbocycles. The standard InChI is InChI=1S/C12H18N2/c1-5-11-7-6-8-12(9-11)13-10(2)14(3)4/h6-9H,5H2,1-4H3/b13-10+. The van der Waals surface area contributed by atoms with Crippen molar-refractivity contribution in [1.29, 1.82) is 0 Å². The summed E-state index contributed by atoms with van der Waals surface area (Å²) < 4.78 is 0. The number of benzene rings is 1. The number of rotatable bonds is 2. The quantitative estimate of drug-likeness (QED) is 0.517. The second kappa shape index (κ2) is 4.80. The topological polar surface area (TPSA) is 15.6 Å². The number of amidine groups is 1. The second-order valence-electron chi connectivity index (χ2n) is 3.58. The predicted octanol–water partition coefficient (Wildman–Crippen LogP) is 2.86. The van der Waals surface area contributed by atoms with E-state index in [1.165, 1.54) is 5.56 Å². The normalized spacial score (nSPS) is 11.6. The molecule has 1 aromatic carbocycles. The molecule has 0 N–H and O–H groups in total. The van der Waals surface area contributed by atoms with Gasteiger partial charge in [0.05, 0.1) is 5.69 Å². The largest absolute Gasteiger partial charge is 0.366 e. The fourth-order valence-electron chi connectivity index (χ4n) is 1.13. The zero-order chi connectivity index (χ0) is 10.6. The first-order chi connectivity index (χ1) is 6.63. The Morgan fingerprint density at radius 1 is 1.36 bits per heavy atom. The van der Waals surface area contributed by atoms with E-state index in [1.54, 1.807) is 0 Å². The van der Waals surface area contributed by atoms with Crippen LogP contribution in [0.2, 0.25) is 0 Å². The van der Waals surface area contributed by atoms with Crippen molar-refractivity contribution in [2.45, 2.75) is 20.3 Å². The van der Waals surface area contributed by atoms with Crippen LogP contribution in [-0.4, -0.2) is 24.8 Å². The van der Waals surface area contributed by atoms with E-state index in [0.717, 1.165) is 17.9 Å². The van der Waals surface area contributed by atoms with Gasteiger partial charge in [-0.25, -0.2) is 4.99 Å². The highest BCUT2D eigenvalue weighted by atomic mass is 15.1. The Labute approximate surface area is 86.3 Å². The van der Waals surface area contributed by atoms with Crippen molar-refractivity contribution in [3.05, 3.63) is 29.8 Å². The van der Waals surface area contributed by atoms with Gasteiger partial charge in [-0.2, -0.15) is 0 Å². The number of nitrogens with zero attached hydrogens (tertiary/aromatic N) is 2. The van der Waals surface area contributed by atoms with Crippen molar-refractivity contribution in [2.75, 3.05) is 14.1 Å². The first kappa shape index (κ1) is 10.8. The van der Waals surface area contributed by atoms with Gasteiger partial charge in [0.2, 0.25) is 0 Å². The minimum atomic E-state index is 1.03. The molecule has 0 fully saturated rings. The first-order valence-corrected chi connectivity index (χ1v) is 4.95. The summed E-state index contributed by atoms with van der Waals surface area (Å²) in [7, 11) is 4.00. The van der Waals surface area contributed by atoms with Crippen molar-refractivity contribution < 1.29 is 0 Å². The van der Waals surface area contributed by atoms with Crippen molar-refractivity contribution in [3.8, 4) is 0 Å². The molecular formula is C12H18N2. The van der Waals surface area contributed by atoms with Gasteiger partial charge in [-0.1, -0.05) is 19.1 Å². The van der Waals surface area contributed by atoms with Crippen LogP contribution in [0.3, 0.4) is 0 Å². The van der Waals surface area contributed by atoms with E-state index in [-0.39, 0.29) is 0 Å². The molecule has 0 saturated carbocycles. The van der Waals surface area contributed by atoms with Crippen LogP contribution >= 0.6 is 0 Å². The average molecular weight is 190 g/mol. The maximum atomic E-state index is 4.51. The van der Waals surface area contributed by atoms with Crippen molar-refractivity contribution >= 4 is 11.5 Å². The molecule has 76 valence electrons. The van der Waals surface area contributed by atoms with E-state index >= 15 is 0 Å². The molecule has 0 amide bonds. The van der Waals surface area contributed by atoms with Crippen molar-refractivity contribution in [2.24, 2.45) is 4.99 Å². The molecule has 14 heavy (non-hydrogen) atoms. The van der Waals surface area contributed by atoms with Crippen LogP contribution in [-0.2, 0) is 6.42 Å². The van der Waals surface area contributed by atoms with Crippen LogP contribution in [0.1, 0.15) is 19.4 Å². The maximum absolute atomic E-state index is 4.51. The van der Waals surface area contributed by atoms with Crippen LogP contribution in [0, 0.1) is 0 Å². The van der Waals surface area contributed by atoms with Crippen LogP contribution in [0.15, 0.2) is 29.3 Å². The molecular weight excluding hydrogens is 172 g/mol. The van der Waals surface area contributed by atoms with Crippen molar-refractivity contribution in [3.63, 3.8) is 0 Å². The number of hydrogen-bond donors (Lipinski definition) is 0. The van der Waals surface area contributed by atoms with Gasteiger partial charge >= 0.3 is 0 Å². The van der Waals surface area contributed by atoms with Gasteiger partial charge in [-0.3, -0.25) is 0 Å². The number of aryl methyl sites for hydroxylation is 1. The summed E-state index contributed by atoms with van der Waals surface area (Å²) in [5, 5.41) is 0. The van der Waals surface area contributed by atoms with E-state index in [9.17, 15) is 0 Å². The summed E-state index contributed by atoms with van der Waals surface area (Å²) in [6.07, 6.45) is 1.06. The van der Waals surface area contributed by atoms with Gasteiger partial charge < -0.3 is 4.90 Å². The fourth-order valence-corrected chi connectivity index (χ4v) is 1.13. The lowest BCUT2D eigenvalue weighted by Crippen LogP contribution is -2.17. The highest BCUT2D eigenvalue weighted by molar-refractivity contribution is 5.82. The molecule has 0 aromatic heterocycles. The third kappa shape index (κ3) is 2.87. The van der Waals surface area contributed by atoms with E-state index in [2.05, 4.69) is 30.1 Å². The summed E-state index contributed by atoms with van der Waals surface area (Å²) in [5.74, 6) is 1.03.